The SMILES string of the molecule is O=S1(=O)CCCC(CNCc2cc3ccncc3s2)C1. The number of thiophene rings is 1. The highest BCUT2D eigenvalue weighted by molar-refractivity contribution is 7.91. The molecule has 108 valence electrons. The normalized spacial score (nSPS) is 22.1. The molecule has 0 amide bonds. The number of hydrogen-bond acceptors (Lipinski definition) is 5. The van der Waals surface area contributed by atoms with Gasteiger partial charge in [0.15, 0.2) is 9.84 Å². The zero-order valence-electron chi connectivity index (χ0n) is 11.2. The standard InChI is InChI=1S/C14H18N2O2S2/c17-20(18)5-1-2-11(10-20)7-16-8-13-6-12-3-4-15-9-14(12)19-13/h3-4,6,9,11,16H,1-2,5,7-8,10H2. The lowest BCUT2D eigenvalue weighted by Crippen LogP contribution is -2.32. The first kappa shape index (κ1) is 14.0. The van der Waals surface area contributed by atoms with Gasteiger partial charge in [0.1, 0.15) is 0 Å². The molecule has 1 aliphatic rings. The summed E-state index contributed by atoms with van der Waals surface area (Å²) < 4.78 is 24.4. The van der Waals surface area contributed by atoms with Gasteiger partial charge in [0.25, 0.3) is 0 Å². The summed E-state index contributed by atoms with van der Waals surface area (Å²) >= 11 is 1.74. The number of pyridine rings is 1. The average Bonchev–Trinajstić information content (AvgIpc) is 2.80. The van der Waals surface area contributed by atoms with Crippen LogP contribution in [0.4, 0.5) is 0 Å². The van der Waals surface area contributed by atoms with E-state index in [2.05, 4.69) is 16.4 Å². The third-order valence-electron chi connectivity index (χ3n) is 3.66. The molecule has 1 aliphatic heterocycles. The lowest BCUT2D eigenvalue weighted by molar-refractivity contribution is 0.453. The van der Waals surface area contributed by atoms with Gasteiger partial charge in [0.05, 0.1) is 16.2 Å². The van der Waals surface area contributed by atoms with E-state index in [1.54, 1.807) is 17.5 Å². The number of aromatic nitrogens is 1. The molecule has 3 rings (SSSR count). The first-order chi connectivity index (χ1) is 9.62. The smallest absolute Gasteiger partial charge is 0.150 e. The van der Waals surface area contributed by atoms with E-state index in [1.165, 1.54) is 15.0 Å². The lowest BCUT2D eigenvalue weighted by Gasteiger charge is -2.21. The summed E-state index contributed by atoms with van der Waals surface area (Å²) in [5.74, 6) is 0.980. The summed E-state index contributed by atoms with van der Waals surface area (Å²) in [7, 11) is -2.79. The van der Waals surface area contributed by atoms with Crippen molar-refractivity contribution in [2.24, 2.45) is 5.92 Å². The summed E-state index contributed by atoms with van der Waals surface area (Å²) in [5.41, 5.74) is 0. The van der Waals surface area contributed by atoms with Crippen LogP contribution in [0.3, 0.4) is 0 Å². The van der Waals surface area contributed by atoms with E-state index >= 15 is 0 Å². The van der Waals surface area contributed by atoms with Crippen LogP contribution in [0.25, 0.3) is 10.1 Å². The Bertz CT molecular complexity index is 661. The van der Waals surface area contributed by atoms with E-state index in [4.69, 9.17) is 0 Å². The number of nitrogens with one attached hydrogen (secondary N) is 1. The maximum absolute atomic E-state index is 11.6. The van der Waals surface area contributed by atoms with Gasteiger partial charge in [0, 0.05) is 23.8 Å². The van der Waals surface area contributed by atoms with E-state index in [9.17, 15) is 8.42 Å². The second-order valence-electron chi connectivity index (χ2n) is 5.38. The van der Waals surface area contributed by atoms with Crippen LogP contribution in [-0.4, -0.2) is 31.5 Å². The largest absolute Gasteiger partial charge is 0.312 e. The zero-order chi connectivity index (χ0) is 14.0. The number of nitrogens with zero attached hydrogens (tertiary/aromatic N) is 1. The first-order valence-electron chi connectivity index (χ1n) is 6.86. The molecule has 0 aromatic carbocycles. The van der Waals surface area contributed by atoms with E-state index in [1.807, 2.05) is 12.3 Å². The summed E-state index contributed by atoms with van der Waals surface area (Å²) in [6.45, 7) is 1.58. The van der Waals surface area contributed by atoms with Gasteiger partial charge < -0.3 is 5.32 Å². The Morgan fingerprint density at radius 2 is 2.35 bits per heavy atom. The fraction of sp³-hybridized carbons (Fsp3) is 0.500. The fourth-order valence-electron chi connectivity index (χ4n) is 2.70. The molecule has 6 heteroatoms. The number of hydrogen-bond donors (Lipinski definition) is 1. The number of fused-ring (bicyclic) bond motifs is 1. The van der Waals surface area contributed by atoms with Crippen molar-refractivity contribution in [2.45, 2.75) is 19.4 Å². The molecule has 2 aromatic heterocycles. The quantitative estimate of drug-likeness (QED) is 0.940. The molecule has 0 saturated carbocycles. The van der Waals surface area contributed by atoms with Crippen molar-refractivity contribution in [2.75, 3.05) is 18.1 Å². The average molecular weight is 310 g/mol. The van der Waals surface area contributed by atoms with Crippen LogP contribution in [0, 0.1) is 5.92 Å². The van der Waals surface area contributed by atoms with Gasteiger partial charge in [-0.05, 0) is 42.8 Å². The summed E-state index contributed by atoms with van der Waals surface area (Å²) in [4.78, 5) is 5.39. The summed E-state index contributed by atoms with van der Waals surface area (Å²) in [6.07, 6.45) is 5.52. The Labute approximate surface area is 123 Å². The van der Waals surface area contributed by atoms with Gasteiger partial charge in [-0.1, -0.05) is 0 Å². The number of sulfone groups is 1. The van der Waals surface area contributed by atoms with Gasteiger partial charge in [0.2, 0.25) is 0 Å². The molecular formula is C14H18N2O2S2. The molecular weight excluding hydrogens is 292 g/mol. The highest BCUT2D eigenvalue weighted by atomic mass is 32.2. The minimum absolute atomic E-state index is 0.268. The second kappa shape index (κ2) is 5.79. The predicted octanol–water partition coefficient (Wildman–Crippen LogP) is 2.21. The predicted molar refractivity (Wildman–Crippen MR) is 82.7 cm³/mol. The number of rotatable bonds is 4. The van der Waals surface area contributed by atoms with Gasteiger partial charge in [-0.25, -0.2) is 8.42 Å². The van der Waals surface area contributed by atoms with Gasteiger partial charge in [-0.3, -0.25) is 4.98 Å². The van der Waals surface area contributed by atoms with Crippen LogP contribution in [0.5, 0.6) is 0 Å². The zero-order valence-corrected chi connectivity index (χ0v) is 12.8. The van der Waals surface area contributed by atoms with E-state index < -0.39 is 9.84 Å². The Hall–Kier alpha value is -0.980. The molecule has 0 bridgehead atoms. The van der Waals surface area contributed by atoms with Crippen LogP contribution in [0.1, 0.15) is 17.7 Å². The monoisotopic (exact) mass is 310 g/mol. The minimum Gasteiger partial charge on any atom is -0.312 e. The highest BCUT2D eigenvalue weighted by Gasteiger charge is 2.24. The molecule has 0 aliphatic carbocycles. The van der Waals surface area contributed by atoms with Crippen molar-refractivity contribution >= 4 is 31.3 Å². The molecule has 3 heterocycles. The molecule has 1 atom stereocenters. The van der Waals surface area contributed by atoms with Crippen molar-refractivity contribution in [1.82, 2.24) is 10.3 Å². The molecule has 0 radical (unpaired) electrons. The molecule has 1 unspecified atom stereocenters. The van der Waals surface area contributed by atoms with Gasteiger partial charge in [-0.2, -0.15) is 0 Å². The van der Waals surface area contributed by atoms with Crippen LogP contribution >= 0.6 is 11.3 Å². The molecule has 0 spiro atoms. The molecule has 1 N–H and O–H groups in total. The van der Waals surface area contributed by atoms with Crippen LogP contribution in [0.2, 0.25) is 0 Å². The first-order valence-corrected chi connectivity index (χ1v) is 9.50. The Morgan fingerprint density at radius 3 is 3.15 bits per heavy atom. The van der Waals surface area contributed by atoms with Crippen LogP contribution in [-0.2, 0) is 16.4 Å². The van der Waals surface area contributed by atoms with E-state index in [0.717, 1.165) is 25.9 Å². The van der Waals surface area contributed by atoms with Crippen LogP contribution < -0.4 is 5.32 Å². The topological polar surface area (TPSA) is 59.1 Å². The minimum atomic E-state index is -2.79. The lowest BCUT2D eigenvalue weighted by atomic mass is 10.1. The van der Waals surface area contributed by atoms with Crippen LogP contribution in [0.15, 0.2) is 24.5 Å². The molecule has 4 nitrogen and oxygen atoms in total. The molecule has 20 heavy (non-hydrogen) atoms. The Morgan fingerprint density at radius 1 is 1.45 bits per heavy atom. The molecule has 1 saturated heterocycles. The fourth-order valence-corrected chi connectivity index (χ4v) is 5.48. The van der Waals surface area contributed by atoms with E-state index in [-0.39, 0.29) is 5.92 Å². The van der Waals surface area contributed by atoms with Crippen molar-refractivity contribution in [3.8, 4) is 0 Å². The van der Waals surface area contributed by atoms with Gasteiger partial charge in [-0.15, -0.1) is 11.3 Å². The van der Waals surface area contributed by atoms with Gasteiger partial charge >= 0.3 is 0 Å². The van der Waals surface area contributed by atoms with Crippen molar-refractivity contribution in [3.05, 3.63) is 29.4 Å². The third-order valence-corrected chi connectivity index (χ3v) is 6.64. The molecule has 2 aromatic rings. The highest BCUT2D eigenvalue weighted by Crippen LogP contribution is 2.24. The summed E-state index contributed by atoms with van der Waals surface area (Å²) in [5, 5.41) is 4.62. The Kier molecular flexibility index (Phi) is 4.05. The molecule has 1 fully saturated rings. The maximum atomic E-state index is 11.6. The second-order valence-corrected chi connectivity index (χ2v) is 8.78. The third kappa shape index (κ3) is 3.37. The summed E-state index contributed by atoms with van der Waals surface area (Å²) in [6, 6.07) is 4.19. The maximum Gasteiger partial charge on any atom is 0.150 e. The van der Waals surface area contributed by atoms with Crippen molar-refractivity contribution in [1.29, 1.82) is 0 Å². The van der Waals surface area contributed by atoms with Crippen molar-refractivity contribution in [3.63, 3.8) is 0 Å². The Balaban J connectivity index is 1.54. The van der Waals surface area contributed by atoms with E-state index in [0.29, 0.717) is 11.5 Å². The van der Waals surface area contributed by atoms with Crippen molar-refractivity contribution < 1.29 is 8.42 Å².